The third-order valence-electron chi connectivity index (χ3n) is 4.28. The molecule has 5 rings (SSSR count). The molecule has 0 atom stereocenters. The van der Waals surface area contributed by atoms with Crippen LogP contribution in [0.4, 0.5) is 11.1 Å². The molecule has 0 saturated heterocycles. The fraction of sp³-hybridized carbons (Fsp3) is 0.105. The number of hydrogen-bond donors (Lipinski definition) is 1. The number of para-hydroxylation sites is 1. The summed E-state index contributed by atoms with van der Waals surface area (Å²) in [4.78, 5) is 9.96. The van der Waals surface area contributed by atoms with Crippen molar-refractivity contribution >= 4 is 48.9 Å². The van der Waals surface area contributed by atoms with Gasteiger partial charge < -0.3 is 9.47 Å². The van der Waals surface area contributed by atoms with Crippen molar-refractivity contribution in [2.75, 3.05) is 19.5 Å². The summed E-state index contributed by atoms with van der Waals surface area (Å²) >= 11 is 3.06. The van der Waals surface area contributed by atoms with Crippen molar-refractivity contribution in [2.24, 2.45) is 0 Å². The first kappa shape index (κ1) is 17.0. The molecule has 140 valence electrons. The number of benzene rings is 2. The van der Waals surface area contributed by atoms with E-state index in [1.807, 2.05) is 52.4 Å². The summed E-state index contributed by atoms with van der Waals surface area (Å²) in [5, 5.41) is 10.6. The second-order valence-electron chi connectivity index (χ2n) is 5.93. The molecule has 0 amide bonds. The zero-order valence-electron chi connectivity index (χ0n) is 15.0. The molecule has 0 aliphatic carbocycles. The lowest BCUT2D eigenvalue weighted by molar-refractivity contribution is 0.415. The number of nitrogens with zero attached hydrogens (tertiary/aromatic N) is 4. The summed E-state index contributed by atoms with van der Waals surface area (Å²) in [5.41, 5.74) is 2.82. The monoisotopic (exact) mass is 409 g/mol. The van der Waals surface area contributed by atoms with Crippen LogP contribution in [0.15, 0.2) is 47.8 Å². The molecule has 0 unspecified atom stereocenters. The molecule has 1 N–H and O–H groups in total. The summed E-state index contributed by atoms with van der Waals surface area (Å²) in [6.07, 6.45) is 0. The van der Waals surface area contributed by atoms with Gasteiger partial charge in [0.25, 0.3) is 0 Å². The lowest BCUT2D eigenvalue weighted by Crippen LogP contribution is -1.95. The summed E-state index contributed by atoms with van der Waals surface area (Å²) in [6, 6.07) is 13.7. The Morgan fingerprint density at radius 1 is 1.04 bits per heavy atom. The Bertz CT molecular complexity index is 1290. The first-order valence-electron chi connectivity index (χ1n) is 8.44. The number of nitrogens with one attached hydrogen (secondary N) is 1. The van der Waals surface area contributed by atoms with Gasteiger partial charge >= 0.3 is 0 Å². The minimum absolute atomic E-state index is 0.508. The highest BCUT2D eigenvalue weighted by molar-refractivity contribution is 7.22. The molecule has 0 aliphatic rings. The molecular weight excluding hydrogens is 394 g/mol. The van der Waals surface area contributed by atoms with E-state index < -0.39 is 0 Å². The van der Waals surface area contributed by atoms with Gasteiger partial charge in [-0.15, -0.1) is 16.4 Å². The highest BCUT2D eigenvalue weighted by Crippen LogP contribution is 2.34. The average molecular weight is 409 g/mol. The van der Waals surface area contributed by atoms with Crippen molar-refractivity contribution in [1.29, 1.82) is 0 Å². The Labute approximate surface area is 168 Å². The van der Waals surface area contributed by atoms with Crippen molar-refractivity contribution < 1.29 is 9.47 Å². The predicted molar refractivity (Wildman–Crippen MR) is 112 cm³/mol. The minimum Gasteiger partial charge on any atom is -0.497 e. The van der Waals surface area contributed by atoms with E-state index in [9.17, 15) is 0 Å². The molecule has 3 aromatic heterocycles. The van der Waals surface area contributed by atoms with E-state index in [1.54, 1.807) is 14.2 Å². The van der Waals surface area contributed by atoms with E-state index in [0.717, 1.165) is 43.1 Å². The van der Waals surface area contributed by atoms with Crippen molar-refractivity contribution in [3.8, 4) is 22.8 Å². The van der Waals surface area contributed by atoms with Gasteiger partial charge in [-0.1, -0.05) is 23.5 Å². The van der Waals surface area contributed by atoms with Crippen molar-refractivity contribution in [3.05, 3.63) is 47.8 Å². The molecule has 0 saturated carbocycles. The number of fused-ring (bicyclic) bond motifs is 2. The maximum absolute atomic E-state index is 5.48. The highest BCUT2D eigenvalue weighted by Gasteiger charge is 2.15. The lowest BCUT2D eigenvalue weighted by atomic mass is 10.1. The number of thiazole rings is 2. The standard InChI is InChI=1S/C19H15N5O2S2/c1-25-11-7-8-13-16(9-11)28-18(20-13)21-17-22-19-24(23-17)14(10-27-19)12-5-3-4-6-15(12)26-2/h3-10H,1-2H3,(H,20,21,23). The van der Waals surface area contributed by atoms with Crippen LogP contribution in [0, 0.1) is 0 Å². The smallest absolute Gasteiger partial charge is 0.250 e. The number of aromatic nitrogens is 4. The molecule has 0 aliphatic heterocycles. The van der Waals surface area contributed by atoms with Crippen LogP contribution < -0.4 is 14.8 Å². The highest BCUT2D eigenvalue weighted by atomic mass is 32.1. The van der Waals surface area contributed by atoms with Gasteiger partial charge in [-0.05, 0) is 30.3 Å². The fourth-order valence-corrected chi connectivity index (χ4v) is 4.67. The number of anilines is 2. The SMILES string of the molecule is COc1ccc2nc(Nc3nc4scc(-c5ccccc5OC)n4n3)sc2c1. The molecule has 5 aromatic rings. The first-order valence-corrected chi connectivity index (χ1v) is 10.1. The van der Waals surface area contributed by atoms with Crippen molar-refractivity contribution in [2.45, 2.75) is 0 Å². The second-order valence-corrected chi connectivity index (χ2v) is 7.80. The predicted octanol–water partition coefficient (Wildman–Crippen LogP) is 4.83. The average Bonchev–Trinajstić information content (AvgIpc) is 3.41. The summed E-state index contributed by atoms with van der Waals surface area (Å²) in [5.74, 6) is 2.12. The molecule has 0 fully saturated rings. The molecule has 0 bridgehead atoms. The molecule has 9 heteroatoms. The molecule has 3 heterocycles. The van der Waals surface area contributed by atoms with E-state index in [-0.39, 0.29) is 0 Å². The Hall–Kier alpha value is -3.17. The molecular formula is C19H15N5O2S2. The van der Waals surface area contributed by atoms with Crippen LogP contribution in [0.5, 0.6) is 11.5 Å². The van der Waals surface area contributed by atoms with Crippen LogP contribution in [-0.2, 0) is 0 Å². The summed E-state index contributed by atoms with van der Waals surface area (Å²) in [7, 11) is 3.32. The maximum Gasteiger partial charge on any atom is 0.250 e. The molecule has 2 aromatic carbocycles. The van der Waals surface area contributed by atoms with E-state index in [2.05, 4.69) is 20.4 Å². The van der Waals surface area contributed by atoms with E-state index in [1.165, 1.54) is 22.7 Å². The Kier molecular flexibility index (Phi) is 4.10. The number of rotatable bonds is 5. The van der Waals surface area contributed by atoms with Gasteiger partial charge in [0, 0.05) is 10.9 Å². The van der Waals surface area contributed by atoms with Crippen LogP contribution in [0.3, 0.4) is 0 Å². The first-order chi connectivity index (χ1) is 13.7. The zero-order chi connectivity index (χ0) is 19.1. The third kappa shape index (κ3) is 2.85. The lowest BCUT2D eigenvalue weighted by Gasteiger charge is -2.06. The largest absolute Gasteiger partial charge is 0.497 e. The third-order valence-corrected chi connectivity index (χ3v) is 6.03. The van der Waals surface area contributed by atoms with Gasteiger partial charge in [0.05, 0.1) is 30.1 Å². The van der Waals surface area contributed by atoms with Gasteiger partial charge in [-0.2, -0.15) is 4.98 Å². The summed E-state index contributed by atoms with van der Waals surface area (Å²) < 4.78 is 13.6. The Balaban J connectivity index is 1.50. The summed E-state index contributed by atoms with van der Waals surface area (Å²) in [6.45, 7) is 0. The van der Waals surface area contributed by atoms with Gasteiger partial charge in [-0.25, -0.2) is 9.50 Å². The topological polar surface area (TPSA) is 73.6 Å². The van der Waals surface area contributed by atoms with Gasteiger partial charge in [-0.3, -0.25) is 5.32 Å². The van der Waals surface area contributed by atoms with Gasteiger partial charge in [0.2, 0.25) is 10.9 Å². The normalized spacial score (nSPS) is 11.2. The number of methoxy groups -OCH3 is 2. The van der Waals surface area contributed by atoms with Gasteiger partial charge in [0.15, 0.2) is 5.13 Å². The van der Waals surface area contributed by atoms with Crippen LogP contribution in [0.2, 0.25) is 0 Å². The fourth-order valence-electron chi connectivity index (χ4n) is 2.96. The Morgan fingerprint density at radius 3 is 2.79 bits per heavy atom. The molecule has 7 nitrogen and oxygen atoms in total. The van der Waals surface area contributed by atoms with E-state index >= 15 is 0 Å². The van der Waals surface area contributed by atoms with E-state index in [0.29, 0.717) is 5.95 Å². The second kappa shape index (κ2) is 6.77. The quantitative estimate of drug-likeness (QED) is 0.448. The Morgan fingerprint density at radius 2 is 1.93 bits per heavy atom. The molecule has 0 spiro atoms. The van der Waals surface area contributed by atoms with Crippen LogP contribution >= 0.6 is 22.7 Å². The number of ether oxygens (including phenoxy) is 2. The van der Waals surface area contributed by atoms with Crippen LogP contribution in [0.1, 0.15) is 0 Å². The van der Waals surface area contributed by atoms with Crippen LogP contribution in [-0.4, -0.2) is 33.8 Å². The van der Waals surface area contributed by atoms with Crippen molar-refractivity contribution in [3.63, 3.8) is 0 Å². The number of hydrogen-bond acceptors (Lipinski definition) is 8. The zero-order valence-corrected chi connectivity index (χ0v) is 16.7. The van der Waals surface area contributed by atoms with Crippen LogP contribution in [0.25, 0.3) is 26.4 Å². The maximum atomic E-state index is 5.48. The van der Waals surface area contributed by atoms with Gasteiger partial charge in [0.1, 0.15) is 11.5 Å². The van der Waals surface area contributed by atoms with E-state index in [4.69, 9.17) is 9.47 Å². The van der Waals surface area contributed by atoms with Crippen molar-refractivity contribution in [1.82, 2.24) is 19.6 Å². The minimum atomic E-state index is 0.508. The molecule has 0 radical (unpaired) electrons. The molecule has 28 heavy (non-hydrogen) atoms.